The first-order chi connectivity index (χ1) is 9.30. The van der Waals surface area contributed by atoms with E-state index in [2.05, 4.69) is 5.32 Å². The lowest BCUT2D eigenvalue weighted by atomic mass is 9.97. The van der Waals surface area contributed by atoms with E-state index in [9.17, 15) is 18.8 Å². The molecule has 0 aromatic heterocycles. The van der Waals surface area contributed by atoms with E-state index >= 15 is 0 Å². The number of nitrogens with one attached hydrogen (secondary N) is 1. The molecule has 2 rings (SSSR count). The van der Waals surface area contributed by atoms with Crippen LogP contribution in [0.15, 0.2) is 24.3 Å². The summed E-state index contributed by atoms with van der Waals surface area (Å²) in [6.07, 6.45) is 0. The summed E-state index contributed by atoms with van der Waals surface area (Å²) in [5.74, 6) is -1.54. The summed E-state index contributed by atoms with van der Waals surface area (Å²) >= 11 is 0. The van der Waals surface area contributed by atoms with Crippen LogP contribution in [0.4, 0.5) is 4.39 Å². The molecular weight excluding hydrogens is 263 g/mol. The van der Waals surface area contributed by atoms with Gasteiger partial charge in [-0.2, -0.15) is 0 Å². The first kappa shape index (κ1) is 14.3. The second-order valence-corrected chi connectivity index (χ2v) is 5.22. The molecular formula is C14H15FN2O3. The van der Waals surface area contributed by atoms with E-state index in [1.165, 1.54) is 29.2 Å². The lowest BCUT2D eigenvalue weighted by molar-refractivity contribution is -0.144. The van der Waals surface area contributed by atoms with Gasteiger partial charge in [0, 0.05) is 5.56 Å². The van der Waals surface area contributed by atoms with Gasteiger partial charge < -0.3 is 0 Å². The number of amides is 2. The van der Waals surface area contributed by atoms with Crippen LogP contribution in [0.25, 0.3) is 0 Å². The molecule has 1 saturated heterocycles. The largest absolute Gasteiger partial charge is 0.294 e. The van der Waals surface area contributed by atoms with Crippen LogP contribution in [0.3, 0.4) is 0 Å². The fourth-order valence-electron chi connectivity index (χ4n) is 1.99. The highest BCUT2D eigenvalue weighted by Gasteiger charge is 2.41. The second kappa shape index (κ2) is 5.13. The molecule has 106 valence electrons. The van der Waals surface area contributed by atoms with Crippen LogP contribution in [-0.2, 0) is 9.59 Å². The molecule has 0 radical (unpaired) electrons. The van der Waals surface area contributed by atoms with Crippen molar-refractivity contribution in [3.8, 4) is 0 Å². The van der Waals surface area contributed by atoms with E-state index in [0.717, 1.165) is 0 Å². The van der Waals surface area contributed by atoms with Crippen LogP contribution in [0, 0.1) is 5.82 Å². The maximum atomic E-state index is 12.8. The van der Waals surface area contributed by atoms with Gasteiger partial charge in [-0.1, -0.05) is 0 Å². The number of hydrogen-bond acceptors (Lipinski definition) is 4. The molecule has 1 fully saturated rings. The zero-order valence-electron chi connectivity index (χ0n) is 11.3. The summed E-state index contributed by atoms with van der Waals surface area (Å²) in [5, 5.41) is 2.24. The smallest absolute Gasteiger partial charge is 0.246 e. The number of benzene rings is 1. The Balaban J connectivity index is 2.15. The first-order valence-electron chi connectivity index (χ1n) is 6.19. The Morgan fingerprint density at radius 2 is 1.90 bits per heavy atom. The third kappa shape index (κ3) is 2.75. The number of nitrogens with zero attached hydrogens (tertiary/aromatic N) is 1. The summed E-state index contributed by atoms with van der Waals surface area (Å²) in [6.45, 7) is 3.20. The monoisotopic (exact) mass is 278 g/mol. The Morgan fingerprint density at radius 3 is 2.50 bits per heavy atom. The maximum absolute atomic E-state index is 12.8. The molecule has 0 atom stereocenters. The van der Waals surface area contributed by atoms with E-state index in [1.54, 1.807) is 13.8 Å². The van der Waals surface area contributed by atoms with Crippen LogP contribution in [0.1, 0.15) is 24.2 Å². The second-order valence-electron chi connectivity index (χ2n) is 5.22. The molecule has 1 aliphatic rings. The lowest BCUT2D eigenvalue weighted by Gasteiger charge is -2.39. The van der Waals surface area contributed by atoms with Crippen LogP contribution in [-0.4, -0.2) is 41.1 Å². The van der Waals surface area contributed by atoms with E-state index in [-0.39, 0.29) is 18.9 Å². The molecule has 0 spiro atoms. The Hall–Kier alpha value is -2.08. The number of imide groups is 1. The van der Waals surface area contributed by atoms with Crippen molar-refractivity contribution in [2.45, 2.75) is 19.4 Å². The average molecular weight is 278 g/mol. The number of piperazine rings is 1. The third-order valence-corrected chi connectivity index (χ3v) is 3.43. The van der Waals surface area contributed by atoms with Gasteiger partial charge in [-0.25, -0.2) is 4.39 Å². The van der Waals surface area contributed by atoms with Crippen molar-refractivity contribution < 1.29 is 18.8 Å². The summed E-state index contributed by atoms with van der Waals surface area (Å²) in [7, 11) is 0. The van der Waals surface area contributed by atoms with Crippen molar-refractivity contribution in [3.05, 3.63) is 35.6 Å². The molecule has 5 nitrogen and oxygen atoms in total. The van der Waals surface area contributed by atoms with Crippen molar-refractivity contribution in [3.63, 3.8) is 0 Å². The van der Waals surface area contributed by atoms with Gasteiger partial charge >= 0.3 is 0 Å². The Bertz CT molecular complexity index is 566. The topological polar surface area (TPSA) is 66.5 Å². The van der Waals surface area contributed by atoms with Crippen LogP contribution in [0.5, 0.6) is 0 Å². The maximum Gasteiger partial charge on any atom is 0.246 e. The molecule has 1 aromatic carbocycles. The number of ketones is 1. The third-order valence-electron chi connectivity index (χ3n) is 3.43. The molecule has 20 heavy (non-hydrogen) atoms. The van der Waals surface area contributed by atoms with Crippen molar-refractivity contribution in [1.29, 1.82) is 0 Å². The fraction of sp³-hybridized carbons (Fsp3) is 0.357. The Morgan fingerprint density at radius 1 is 1.30 bits per heavy atom. The van der Waals surface area contributed by atoms with Gasteiger partial charge in [-0.15, -0.1) is 0 Å². The molecule has 0 saturated carbocycles. The molecule has 0 unspecified atom stereocenters. The zero-order valence-corrected chi connectivity index (χ0v) is 11.3. The van der Waals surface area contributed by atoms with Crippen molar-refractivity contribution >= 4 is 17.6 Å². The average Bonchev–Trinajstić information content (AvgIpc) is 2.36. The predicted octanol–water partition coefficient (Wildman–Crippen LogP) is 0.745. The summed E-state index contributed by atoms with van der Waals surface area (Å²) in [4.78, 5) is 36.8. The highest BCUT2D eigenvalue weighted by molar-refractivity contribution is 6.04. The minimum Gasteiger partial charge on any atom is -0.294 e. The SMILES string of the molecule is CC1(C)C(=O)NC(=O)CN1CC(=O)c1ccc(F)cc1. The van der Waals surface area contributed by atoms with Crippen molar-refractivity contribution in [2.75, 3.05) is 13.1 Å². The van der Waals surface area contributed by atoms with Crippen molar-refractivity contribution in [1.82, 2.24) is 10.2 Å². The van der Waals surface area contributed by atoms with Crippen molar-refractivity contribution in [2.24, 2.45) is 0 Å². The van der Waals surface area contributed by atoms with Gasteiger partial charge in [-0.05, 0) is 38.1 Å². The Labute approximate surface area is 115 Å². The molecule has 0 bridgehead atoms. The highest BCUT2D eigenvalue weighted by atomic mass is 19.1. The van der Waals surface area contributed by atoms with Crippen LogP contribution >= 0.6 is 0 Å². The van der Waals surface area contributed by atoms with Crippen LogP contribution < -0.4 is 5.32 Å². The summed E-state index contributed by atoms with van der Waals surface area (Å²) in [5.41, 5.74) is -0.593. The number of carbonyl (C=O) groups excluding carboxylic acids is 3. The number of halogens is 1. The number of hydrogen-bond donors (Lipinski definition) is 1. The highest BCUT2D eigenvalue weighted by Crippen LogP contribution is 2.18. The fourth-order valence-corrected chi connectivity index (χ4v) is 1.99. The number of Topliss-reactive ketones (excluding diaryl/α,β-unsaturated/α-hetero) is 1. The standard InChI is InChI=1S/C14H15FN2O3/c1-14(2)13(20)16-12(19)8-17(14)7-11(18)9-3-5-10(15)6-4-9/h3-6H,7-8H2,1-2H3,(H,16,19,20). The molecule has 6 heteroatoms. The van der Waals surface area contributed by atoms with Gasteiger partial charge in [0.2, 0.25) is 11.8 Å². The minimum atomic E-state index is -0.941. The molecule has 2 amide bonds. The molecule has 1 aliphatic heterocycles. The van der Waals surface area contributed by atoms with Gasteiger partial charge in [0.25, 0.3) is 0 Å². The van der Waals surface area contributed by atoms with E-state index < -0.39 is 23.2 Å². The predicted molar refractivity (Wildman–Crippen MR) is 69.5 cm³/mol. The number of rotatable bonds is 3. The molecule has 1 N–H and O–H groups in total. The number of carbonyl (C=O) groups is 3. The molecule has 1 heterocycles. The normalized spacial score (nSPS) is 18.8. The van der Waals surface area contributed by atoms with Gasteiger partial charge in [0.1, 0.15) is 5.82 Å². The van der Waals surface area contributed by atoms with E-state index in [0.29, 0.717) is 5.56 Å². The van der Waals surface area contributed by atoms with E-state index in [4.69, 9.17) is 0 Å². The molecule has 0 aliphatic carbocycles. The van der Waals surface area contributed by atoms with Crippen LogP contribution in [0.2, 0.25) is 0 Å². The lowest BCUT2D eigenvalue weighted by Crippen LogP contribution is -2.64. The summed E-state index contributed by atoms with van der Waals surface area (Å²) in [6, 6.07) is 5.17. The minimum absolute atomic E-state index is 0.0221. The zero-order chi connectivity index (χ0) is 14.9. The summed E-state index contributed by atoms with van der Waals surface area (Å²) < 4.78 is 12.8. The Kier molecular flexibility index (Phi) is 3.67. The molecule has 1 aromatic rings. The van der Waals surface area contributed by atoms with Gasteiger partial charge in [0.15, 0.2) is 5.78 Å². The van der Waals surface area contributed by atoms with Gasteiger partial charge in [0.05, 0.1) is 18.6 Å². The quantitative estimate of drug-likeness (QED) is 0.654. The van der Waals surface area contributed by atoms with Gasteiger partial charge in [-0.3, -0.25) is 24.6 Å². The van der Waals surface area contributed by atoms with E-state index in [1.807, 2.05) is 0 Å². The first-order valence-corrected chi connectivity index (χ1v) is 6.19.